The Hall–Kier alpha value is -1.64. The Balaban J connectivity index is 0.00000172. The molecule has 1 aromatic carbocycles. The van der Waals surface area contributed by atoms with Crippen LogP contribution in [0.15, 0.2) is 67.3 Å². The van der Waals surface area contributed by atoms with Gasteiger partial charge in [-0.2, -0.15) is 0 Å². The molecule has 0 saturated heterocycles. The number of rotatable bonds is 9. The quantitative estimate of drug-likeness (QED) is 0.529. The van der Waals surface area contributed by atoms with Gasteiger partial charge in [0, 0.05) is 26.2 Å². The maximum atomic E-state index is 3.76. The van der Waals surface area contributed by atoms with E-state index >= 15 is 0 Å². The molecule has 0 radical (unpaired) electrons. The van der Waals surface area contributed by atoms with Gasteiger partial charge in [-0.25, -0.2) is 0 Å². The van der Waals surface area contributed by atoms with Crippen LogP contribution >= 0.6 is 0 Å². The zero-order valence-electron chi connectivity index (χ0n) is 12.9. The zero-order chi connectivity index (χ0) is 15.1. The van der Waals surface area contributed by atoms with Crippen LogP contribution in [-0.2, 0) is 6.54 Å². The molecule has 0 atom stereocenters. The monoisotopic (exact) mass is 272 g/mol. The summed E-state index contributed by atoms with van der Waals surface area (Å²) in [5, 5.41) is 6.76. The van der Waals surface area contributed by atoms with E-state index in [1.807, 2.05) is 32.1 Å². The Morgan fingerprint density at radius 3 is 2.30 bits per heavy atom. The number of nitrogens with one attached hydrogen (secondary N) is 2. The molecule has 0 unspecified atom stereocenters. The average molecular weight is 272 g/mol. The van der Waals surface area contributed by atoms with E-state index in [-0.39, 0.29) is 0 Å². The van der Waals surface area contributed by atoms with E-state index in [0.29, 0.717) is 0 Å². The molecule has 1 aromatic rings. The minimum Gasteiger partial charge on any atom is -0.311 e. The number of benzene rings is 1. The van der Waals surface area contributed by atoms with Crippen molar-refractivity contribution >= 4 is 0 Å². The van der Waals surface area contributed by atoms with Crippen molar-refractivity contribution in [2.75, 3.05) is 19.6 Å². The van der Waals surface area contributed by atoms with Crippen molar-refractivity contribution in [1.29, 1.82) is 0 Å². The van der Waals surface area contributed by atoms with Crippen LogP contribution in [0.25, 0.3) is 0 Å². The third kappa shape index (κ3) is 9.31. The fourth-order valence-electron chi connectivity index (χ4n) is 1.59. The molecule has 2 heteroatoms. The molecule has 0 aliphatic heterocycles. The Labute approximate surface area is 124 Å². The van der Waals surface area contributed by atoms with Crippen molar-refractivity contribution < 1.29 is 0 Å². The van der Waals surface area contributed by atoms with Crippen LogP contribution < -0.4 is 10.6 Å². The first-order chi connectivity index (χ1) is 9.86. The fraction of sp³-hybridized carbons (Fsp3) is 0.333. The lowest BCUT2D eigenvalue weighted by Gasteiger charge is -2.07. The fourth-order valence-corrected chi connectivity index (χ4v) is 1.59. The number of hydrogen-bond donors (Lipinski definition) is 2. The standard InChI is InChI=1S/C16H22N2.C2H6/c1-3-8-15(4-2)13-17-11-12-18-14-16-9-6-5-7-10-16;1-2/h3-10,17-18H,1-2,11-14H2;1-2H3/b15-8+;. The van der Waals surface area contributed by atoms with Crippen molar-refractivity contribution in [3.05, 3.63) is 72.9 Å². The van der Waals surface area contributed by atoms with E-state index in [9.17, 15) is 0 Å². The van der Waals surface area contributed by atoms with E-state index in [1.54, 1.807) is 6.08 Å². The summed E-state index contributed by atoms with van der Waals surface area (Å²) < 4.78 is 0. The van der Waals surface area contributed by atoms with E-state index < -0.39 is 0 Å². The lowest BCUT2D eigenvalue weighted by Crippen LogP contribution is -2.28. The summed E-state index contributed by atoms with van der Waals surface area (Å²) in [6.07, 6.45) is 5.61. The second-order valence-corrected chi connectivity index (χ2v) is 4.02. The number of allylic oxidation sites excluding steroid dienone is 2. The molecule has 0 aliphatic carbocycles. The predicted octanol–water partition coefficient (Wildman–Crippen LogP) is 3.69. The van der Waals surface area contributed by atoms with Gasteiger partial charge < -0.3 is 10.6 Å². The van der Waals surface area contributed by atoms with Gasteiger partial charge in [-0.3, -0.25) is 0 Å². The van der Waals surface area contributed by atoms with E-state index in [1.165, 1.54) is 5.56 Å². The van der Waals surface area contributed by atoms with Gasteiger partial charge in [-0.15, -0.1) is 0 Å². The van der Waals surface area contributed by atoms with Crippen molar-refractivity contribution in [1.82, 2.24) is 10.6 Å². The van der Waals surface area contributed by atoms with Gasteiger partial charge in [-0.1, -0.05) is 75.6 Å². The van der Waals surface area contributed by atoms with Crippen LogP contribution in [-0.4, -0.2) is 19.6 Å². The highest BCUT2D eigenvalue weighted by atomic mass is 14.9. The largest absolute Gasteiger partial charge is 0.311 e. The first-order valence-corrected chi connectivity index (χ1v) is 7.26. The highest BCUT2D eigenvalue weighted by molar-refractivity contribution is 5.22. The molecule has 0 aromatic heterocycles. The predicted molar refractivity (Wildman–Crippen MR) is 90.8 cm³/mol. The molecule has 0 amide bonds. The molecule has 0 spiro atoms. The van der Waals surface area contributed by atoms with Gasteiger partial charge >= 0.3 is 0 Å². The molecule has 110 valence electrons. The lowest BCUT2D eigenvalue weighted by molar-refractivity contribution is 0.632. The molecule has 2 nitrogen and oxygen atoms in total. The Bertz CT molecular complexity index is 380. The molecule has 0 fully saturated rings. The number of hydrogen-bond acceptors (Lipinski definition) is 2. The molecule has 1 rings (SSSR count). The summed E-state index contributed by atoms with van der Waals surface area (Å²) in [6, 6.07) is 10.4. The van der Waals surface area contributed by atoms with Crippen LogP contribution in [0.3, 0.4) is 0 Å². The second-order valence-electron chi connectivity index (χ2n) is 4.02. The summed E-state index contributed by atoms with van der Waals surface area (Å²) in [4.78, 5) is 0. The van der Waals surface area contributed by atoms with Gasteiger partial charge in [0.1, 0.15) is 0 Å². The summed E-state index contributed by atoms with van der Waals surface area (Å²) in [7, 11) is 0. The smallest absolute Gasteiger partial charge is 0.0206 e. The van der Waals surface area contributed by atoms with Crippen molar-refractivity contribution in [3.8, 4) is 0 Å². The zero-order valence-corrected chi connectivity index (χ0v) is 12.9. The highest BCUT2D eigenvalue weighted by Gasteiger charge is 1.92. The topological polar surface area (TPSA) is 24.1 Å². The summed E-state index contributed by atoms with van der Waals surface area (Å²) in [5.41, 5.74) is 2.48. The maximum absolute atomic E-state index is 3.76. The van der Waals surface area contributed by atoms with Crippen LogP contribution in [0.4, 0.5) is 0 Å². The third-order valence-electron chi connectivity index (χ3n) is 2.57. The average Bonchev–Trinajstić information content (AvgIpc) is 2.52. The molecular weight excluding hydrogens is 244 g/mol. The van der Waals surface area contributed by atoms with E-state index in [0.717, 1.165) is 31.8 Å². The Kier molecular flexibility index (Phi) is 12.7. The SMILES string of the molecule is C=C/C=C(\C=C)CNCCNCc1ccccc1.CC. The second kappa shape index (κ2) is 13.8. The van der Waals surface area contributed by atoms with Gasteiger partial charge in [0.25, 0.3) is 0 Å². The van der Waals surface area contributed by atoms with Gasteiger partial charge in [0.05, 0.1) is 0 Å². The molecule has 20 heavy (non-hydrogen) atoms. The molecule has 0 heterocycles. The third-order valence-corrected chi connectivity index (χ3v) is 2.57. The maximum Gasteiger partial charge on any atom is 0.0206 e. The van der Waals surface area contributed by atoms with Crippen LogP contribution in [0, 0.1) is 0 Å². The molecular formula is C18H28N2. The minimum atomic E-state index is 0.836. The molecule has 0 saturated carbocycles. The van der Waals surface area contributed by atoms with Crippen molar-refractivity contribution in [3.63, 3.8) is 0 Å². The van der Waals surface area contributed by atoms with Crippen LogP contribution in [0.5, 0.6) is 0 Å². The highest BCUT2D eigenvalue weighted by Crippen LogP contribution is 1.96. The molecule has 0 bridgehead atoms. The van der Waals surface area contributed by atoms with E-state index in [2.05, 4.69) is 48.1 Å². The molecule has 0 aliphatic rings. The first kappa shape index (κ1) is 18.4. The van der Waals surface area contributed by atoms with Crippen LogP contribution in [0.2, 0.25) is 0 Å². The summed E-state index contributed by atoms with van der Waals surface area (Å²) >= 11 is 0. The summed E-state index contributed by atoms with van der Waals surface area (Å²) in [6.45, 7) is 15.1. The Morgan fingerprint density at radius 1 is 1.05 bits per heavy atom. The van der Waals surface area contributed by atoms with Crippen LogP contribution in [0.1, 0.15) is 19.4 Å². The van der Waals surface area contributed by atoms with E-state index in [4.69, 9.17) is 0 Å². The van der Waals surface area contributed by atoms with Gasteiger partial charge in [-0.05, 0) is 11.1 Å². The van der Waals surface area contributed by atoms with Gasteiger partial charge in [0.2, 0.25) is 0 Å². The van der Waals surface area contributed by atoms with Gasteiger partial charge in [0.15, 0.2) is 0 Å². The minimum absolute atomic E-state index is 0.836. The summed E-state index contributed by atoms with van der Waals surface area (Å²) in [5.74, 6) is 0. The van der Waals surface area contributed by atoms with Crippen molar-refractivity contribution in [2.24, 2.45) is 0 Å². The van der Waals surface area contributed by atoms with Crippen molar-refractivity contribution in [2.45, 2.75) is 20.4 Å². The lowest BCUT2D eigenvalue weighted by atomic mass is 10.2. The Morgan fingerprint density at radius 2 is 1.70 bits per heavy atom. The normalized spacial score (nSPS) is 10.4. The first-order valence-electron chi connectivity index (χ1n) is 7.26. The molecule has 2 N–H and O–H groups in total.